The number of nitro groups is 2. The molecule has 0 unspecified atom stereocenters. The van der Waals surface area contributed by atoms with Crippen molar-refractivity contribution in [2.75, 3.05) is 0 Å². The van der Waals surface area contributed by atoms with Gasteiger partial charge in [-0.15, -0.1) is 0 Å². The third-order valence-corrected chi connectivity index (χ3v) is 1.28. The van der Waals surface area contributed by atoms with Crippen LogP contribution in [0.25, 0.3) is 0 Å². The Bertz CT molecular complexity index is 342. The number of hydrogen-bond donors (Lipinski definition) is 1. The second-order valence-corrected chi connectivity index (χ2v) is 2.00. The van der Waals surface area contributed by atoms with Gasteiger partial charge in [0.2, 0.25) is 5.39 Å². The molecule has 8 heteroatoms. The summed E-state index contributed by atoms with van der Waals surface area (Å²) < 4.78 is 0. The second-order valence-electron chi connectivity index (χ2n) is 2.00. The maximum Gasteiger partial charge on any atom is 0.346 e. The van der Waals surface area contributed by atoms with E-state index in [1.54, 1.807) is 0 Å². The van der Waals surface area contributed by atoms with Gasteiger partial charge in [-0.1, -0.05) is 12.1 Å². The lowest BCUT2D eigenvalue weighted by molar-refractivity contribution is -0.422. The Morgan fingerprint density at radius 3 is 1.50 bits per heavy atom. The first kappa shape index (κ1) is 11.4. The summed E-state index contributed by atoms with van der Waals surface area (Å²) >= 11 is 0. The third-order valence-electron chi connectivity index (χ3n) is 1.28. The van der Waals surface area contributed by atoms with Gasteiger partial charge in [0.15, 0.2) is 0 Å². The minimum Gasteiger partial charge on any atom is -0.258 e. The van der Waals surface area contributed by atoms with Crippen molar-refractivity contribution in [3.63, 3.8) is 0 Å². The monoisotopic (exact) mass is 197 g/mol. The molecule has 14 heavy (non-hydrogen) atoms. The zero-order valence-electron chi connectivity index (χ0n) is 6.78. The maximum absolute atomic E-state index is 10.2. The molecule has 0 amide bonds. The molecular formula is C6H5N4O4+. The number of nitrogens with zero attached hydrogens (tertiary/aromatic N) is 3. The third kappa shape index (κ3) is 2.49. The molecule has 0 aromatic heterocycles. The quantitative estimate of drug-likeness (QED) is 0.397. The standard InChI is InChI=1S/C6H4N2O4.N2/c9-7(10)5-3-1-2-4-6(5)8(11)12;1-2/h1-4H;/p+1. The van der Waals surface area contributed by atoms with Crippen LogP contribution in [0.1, 0.15) is 0 Å². The number of rotatable bonds is 2. The Kier molecular flexibility index (Phi) is 4.21. The fourth-order valence-electron chi connectivity index (χ4n) is 0.773. The van der Waals surface area contributed by atoms with Gasteiger partial charge in [-0.3, -0.25) is 20.2 Å². The molecule has 0 atom stereocenters. The molecule has 8 nitrogen and oxygen atoms in total. The van der Waals surface area contributed by atoms with Crippen molar-refractivity contribution in [3.8, 4) is 0 Å². The van der Waals surface area contributed by atoms with Crippen LogP contribution in [0.3, 0.4) is 0 Å². The number of para-hydroxylation sites is 2. The van der Waals surface area contributed by atoms with Crippen molar-refractivity contribution in [3.05, 3.63) is 44.5 Å². The van der Waals surface area contributed by atoms with E-state index >= 15 is 0 Å². The predicted octanol–water partition coefficient (Wildman–Crippen LogP) is -0.218. The number of benzene rings is 1. The highest BCUT2D eigenvalue weighted by molar-refractivity contribution is 5.51. The van der Waals surface area contributed by atoms with Gasteiger partial charge in [0.1, 0.15) is 0 Å². The summed E-state index contributed by atoms with van der Waals surface area (Å²) in [6, 6.07) is 4.95. The maximum atomic E-state index is 10.2. The van der Waals surface area contributed by atoms with Crippen LogP contribution < -0.4 is 5.39 Å². The Hall–Kier alpha value is -2.56. The number of diazo groups is 1. The first-order valence-electron chi connectivity index (χ1n) is 3.23. The molecular weight excluding hydrogens is 192 g/mol. The summed E-state index contributed by atoms with van der Waals surface area (Å²) in [4.78, 5) is 18.9. The fraction of sp³-hybridized carbons (Fsp3) is 0. The van der Waals surface area contributed by atoms with Gasteiger partial charge in [-0.2, -0.15) is 0 Å². The molecule has 0 spiro atoms. The molecule has 0 saturated carbocycles. The molecule has 1 rings (SSSR count). The molecule has 0 aliphatic rings. The van der Waals surface area contributed by atoms with E-state index in [1.165, 1.54) is 12.1 Å². The van der Waals surface area contributed by atoms with E-state index in [0.717, 1.165) is 12.1 Å². The lowest BCUT2D eigenvalue weighted by Crippen LogP contribution is -2.11. The van der Waals surface area contributed by atoms with Crippen molar-refractivity contribution in [1.29, 1.82) is 5.39 Å². The summed E-state index contributed by atoms with van der Waals surface area (Å²) in [5.41, 5.74) is -0.968. The average Bonchev–Trinajstić information content (AvgIpc) is 2.20. The lowest BCUT2D eigenvalue weighted by Gasteiger charge is -1.91. The van der Waals surface area contributed by atoms with E-state index in [9.17, 15) is 20.2 Å². The highest BCUT2D eigenvalue weighted by atomic mass is 16.6. The van der Waals surface area contributed by atoms with Crippen LogP contribution in [-0.2, 0) is 0 Å². The zero-order chi connectivity index (χ0) is 11.1. The van der Waals surface area contributed by atoms with Crippen LogP contribution in [0.15, 0.2) is 24.3 Å². The van der Waals surface area contributed by atoms with E-state index in [4.69, 9.17) is 10.8 Å². The smallest absolute Gasteiger partial charge is 0.258 e. The van der Waals surface area contributed by atoms with E-state index < -0.39 is 21.2 Å². The minimum absolute atomic E-state index is 0.484. The van der Waals surface area contributed by atoms with Crippen molar-refractivity contribution >= 4 is 11.4 Å². The van der Waals surface area contributed by atoms with Gasteiger partial charge < -0.3 is 0 Å². The van der Waals surface area contributed by atoms with Crippen LogP contribution in [0.5, 0.6) is 0 Å². The SMILES string of the molecule is N#[NH+].O=[N+]([O-])c1ccccc1[N+](=O)[O-]. The molecule has 1 aromatic rings. The fourth-order valence-corrected chi connectivity index (χ4v) is 0.773. The Labute approximate surface area is 77.5 Å². The molecule has 72 valence electrons. The van der Waals surface area contributed by atoms with Crippen molar-refractivity contribution < 1.29 is 15.2 Å². The van der Waals surface area contributed by atoms with Gasteiger partial charge in [0.25, 0.3) is 0 Å². The number of nitro benzene ring substituents is 2. The van der Waals surface area contributed by atoms with E-state index in [-0.39, 0.29) is 0 Å². The van der Waals surface area contributed by atoms with Gasteiger partial charge in [-0.25, -0.2) is 0 Å². The topological polar surface area (TPSA) is 134 Å². The van der Waals surface area contributed by atoms with Crippen LogP contribution in [0.2, 0.25) is 0 Å². The number of hydrogen-bond acceptors (Lipinski definition) is 5. The van der Waals surface area contributed by atoms with Crippen LogP contribution >= 0.6 is 0 Å². The van der Waals surface area contributed by atoms with Gasteiger partial charge in [0, 0.05) is 12.1 Å². The largest absolute Gasteiger partial charge is 0.346 e. The Balaban J connectivity index is 0.000000791. The minimum atomic E-state index is -0.780. The summed E-state index contributed by atoms with van der Waals surface area (Å²) in [7, 11) is 0. The van der Waals surface area contributed by atoms with Gasteiger partial charge in [-0.05, 0) is 0 Å². The highest BCUT2D eigenvalue weighted by Crippen LogP contribution is 2.24. The molecule has 0 radical (unpaired) electrons. The molecule has 0 fully saturated rings. The summed E-state index contributed by atoms with van der Waals surface area (Å²) in [5, 5.41) is 31.5. The molecule has 0 bridgehead atoms. The van der Waals surface area contributed by atoms with Crippen molar-refractivity contribution in [1.82, 2.24) is 0 Å². The molecule has 0 heterocycles. The normalized spacial score (nSPS) is 8.14. The van der Waals surface area contributed by atoms with Crippen LogP contribution in [0.4, 0.5) is 11.4 Å². The molecule has 0 saturated heterocycles. The van der Waals surface area contributed by atoms with Gasteiger partial charge in [0.05, 0.1) is 15.2 Å². The predicted molar refractivity (Wildman–Crippen MR) is 42.4 cm³/mol. The first-order chi connectivity index (χ1) is 6.63. The molecule has 1 N–H and O–H groups in total. The Morgan fingerprint density at radius 1 is 1.00 bits per heavy atom. The average molecular weight is 197 g/mol. The molecule has 0 aliphatic carbocycles. The van der Waals surface area contributed by atoms with E-state index in [2.05, 4.69) is 0 Å². The van der Waals surface area contributed by atoms with E-state index in [1.807, 2.05) is 0 Å². The van der Waals surface area contributed by atoms with Crippen LogP contribution in [0, 0.1) is 25.6 Å². The molecule has 1 aromatic carbocycles. The molecule has 0 aliphatic heterocycles. The van der Waals surface area contributed by atoms with Gasteiger partial charge >= 0.3 is 11.4 Å². The Morgan fingerprint density at radius 2 is 1.29 bits per heavy atom. The van der Waals surface area contributed by atoms with Crippen molar-refractivity contribution in [2.24, 2.45) is 0 Å². The summed E-state index contributed by atoms with van der Waals surface area (Å²) in [6.45, 7) is 0. The lowest BCUT2D eigenvalue weighted by atomic mass is 10.3. The number of nitrogens with one attached hydrogen (secondary N) is 1. The van der Waals surface area contributed by atoms with Crippen molar-refractivity contribution in [2.45, 2.75) is 0 Å². The zero-order valence-corrected chi connectivity index (χ0v) is 6.78. The summed E-state index contributed by atoms with van der Waals surface area (Å²) in [6.07, 6.45) is 0. The first-order valence-corrected chi connectivity index (χ1v) is 3.23. The van der Waals surface area contributed by atoms with Crippen LogP contribution in [-0.4, -0.2) is 9.85 Å². The highest BCUT2D eigenvalue weighted by Gasteiger charge is 2.21. The van der Waals surface area contributed by atoms with E-state index in [0.29, 0.717) is 0 Å². The second kappa shape index (κ2) is 5.15. The summed E-state index contributed by atoms with van der Waals surface area (Å²) in [5.74, 6) is 0.